The number of hydrogen-bond acceptors (Lipinski definition) is 4. The summed E-state index contributed by atoms with van der Waals surface area (Å²) in [5.74, 6) is 0.893. The molecule has 2 N–H and O–H groups in total. The number of methoxy groups -OCH3 is 1. The maximum Gasteiger partial charge on any atom is 0.129 e. The lowest BCUT2D eigenvalue weighted by Crippen LogP contribution is -2.22. The molecule has 0 aliphatic rings. The highest BCUT2D eigenvalue weighted by molar-refractivity contribution is 7.80. The van der Waals surface area contributed by atoms with Crippen LogP contribution >= 0.6 is 12.2 Å². The first-order chi connectivity index (χ1) is 8.04. The number of thiocarbonyl (C=S) groups is 1. The molecular weight excluding hydrogens is 234 g/mol. The van der Waals surface area contributed by atoms with Crippen molar-refractivity contribution in [1.29, 1.82) is 0 Å². The molecule has 0 saturated heterocycles. The molecule has 0 unspecified atom stereocenters. The van der Waals surface area contributed by atoms with E-state index in [2.05, 4.69) is 9.88 Å². The van der Waals surface area contributed by atoms with E-state index in [1.165, 1.54) is 0 Å². The van der Waals surface area contributed by atoms with Crippen LogP contribution in [0.15, 0.2) is 12.1 Å². The first-order valence-electron chi connectivity index (χ1n) is 5.53. The summed E-state index contributed by atoms with van der Waals surface area (Å²) in [5, 5.41) is 0. The maximum absolute atomic E-state index is 5.64. The Balaban J connectivity index is 2.78. The van der Waals surface area contributed by atoms with Crippen molar-refractivity contribution in [3.63, 3.8) is 0 Å². The van der Waals surface area contributed by atoms with Gasteiger partial charge in [0.25, 0.3) is 0 Å². The molecule has 0 bridgehead atoms. The summed E-state index contributed by atoms with van der Waals surface area (Å²) < 4.78 is 5.03. The van der Waals surface area contributed by atoms with Crippen LogP contribution in [0.4, 0.5) is 5.82 Å². The lowest BCUT2D eigenvalue weighted by atomic mass is 10.2. The first kappa shape index (κ1) is 13.9. The van der Waals surface area contributed by atoms with Crippen LogP contribution in [0.3, 0.4) is 0 Å². The summed E-state index contributed by atoms with van der Waals surface area (Å²) in [7, 11) is 3.71. The van der Waals surface area contributed by atoms with Gasteiger partial charge in [0.05, 0.1) is 0 Å². The number of rotatable bonds is 6. The van der Waals surface area contributed by atoms with Crippen LogP contribution in [0.5, 0.6) is 0 Å². The predicted octanol–water partition coefficient (Wildman–Crippen LogP) is 1.50. The Labute approximate surface area is 108 Å². The highest BCUT2D eigenvalue weighted by Crippen LogP contribution is 2.14. The number of anilines is 1. The Morgan fingerprint density at radius 3 is 2.82 bits per heavy atom. The number of ether oxygens (including phenoxy) is 1. The molecule has 0 spiro atoms. The van der Waals surface area contributed by atoms with Crippen LogP contribution in [0.2, 0.25) is 0 Å². The highest BCUT2D eigenvalue weighted by atomic mass is 32.1. The predicted molar refractivity (Wildman–Crippen MR) is 74.6 cm³/mol. The van der Waals surface area contributed by atoms with Gasteiger partial charge in [-0.25, -0.2) is 4.98 Å². The zero-order chi connectivity index (χ0) is 12.8. The Kier molecular flexibility index (Phi) is 5.31. The van der Waals surface area contributed by atoms with E-state index in [0.717, 1.165) is 36.6 Å². The summed E-state index contributed by atoms with van der Waals surface area (Å²) in [6, 6.07) is 3.82. The number of nitrogens with two attached hydrogens (primary N) is 1. The van der Waals surface area contributed by atoms with Gasteiger partial charge in [-0.2, -0.15) is 0 Å². The molecule has 1 aromatic heterocycles. The molecule has 0 atom stereocenters. The second-order valence-corrected chi connectivity index (χ2v) is 4.43. The molecular formula is C12H19N3OS. The third-order valence-corrected chi connectivity index (χ3v) is 2.69. The number of aromatic nitrogens is 1. The number of hydrogen-bond donors (Lipinski definition) is 1. The summed E-state index contributed by atoms with van der Waals surface area (Å²) in [6.45, 7) is 3.58. The van der Waals surface area contributed by atoms with Crippen LogP contribution in [0.25, 0.3) is 0 Å². The molecule has 0 radical (unpaired) electrons. The quantitative estimate of drug-likeness (QED) is 0.615. The Hall–Kier alpha value is -1.20. The Bertz CT molecular complexity index is 395. The molecule has 1 rings (SSSR count). The van der Waals surface area contributed by atoms with Gasteiger partial charge in [-0.1, -0.05) is 12.2 Å². The smallest absolute Gasteiger partial charge is 0.129 e. The van der Waals surface area contributed by atoms with E-state index in [1.807, 2.05) is 26.1 Å². The van der Waals surface area contributed by atoms with Gasteiger partial charge in [0, 0.05) is 38.6 Å². The van der Waals surface area contributed by atoms with Crippen LogP contribution in [-0.4, -0.2) is 37.3 Å². The summed E-state index contributed by atoms with van der Waals surface area (Å²) in [5.41, 5.74) is 7.42. The van der Waals surface area contributed by atoms with E-state index in [-0.39, 0.29) is 0 Å². The molecule has 5 heteroatoms. The molecule has 1 heterocycles. The van der Waals surface area contributed by atoms with Crippen molar-refractivity contribution < 1.29 is 4.74 Å². The van der Waals surface area contributed by atoms with Gasteiger partial charge in [0.2, 0.25) is 0 Å². The second-order valence-electron chi connectivity index (χ2n) is 3.99. The first-order valence-corrected chi connectivity index (χ1v) is 5.94. The van der Waals surface area contributed by atoms with Crippen molar-refractivity contribution in [3.05, 3.63) is 23.4 Å². The molecule has 0 saturated carbocycles. The van der Waals surface area contributed by atoms with Crippen LogP contribution in [0.1, 0.15) is 17.7 Å². The zero-order valence-electron chi connectivity index (χ0n) is 10.6. The van der Waals surface area contributed by atoms with Gasteiger partial charge in [-0.3, -0.25) is 0 Å². The monoisotopic (exact) mass is 253 g/mol. The third kappa shape index (κ3) is 4.28. The third-order valence-electron chi connectivity index (χ3n) is 2.46. The molecule has 0 fully saturated rings. The fraction of sp³-hybridized carbons (Fsp3) is 0.500. The molecule has 0 aliphatic heterocycles. The van der Waals surface area contributed by atoms with Crippen molar-refractivity contribution in [1.82, 2.24) is 4.98 Å². The van der Waals surface area contributed by atoms with E-state index < -0.39 is 0 Å². The summed E-state index contributed by atoms with van der Waals surface area (Å²) in [4.78, 5) is 6.95. The number of pyridine rings is 1. The number of nitrogens with zero attached hydrogens (tertiary/aromatic N) is 2. The Morgan fingerprint density at radius 1 is 1.53 bits per heavy atom. The van der Waals surface area contributed by atoms with Crippen LogP contribution in [0, 0.1) is 6.92 Å². The molecule has 1 aromatic rings. The Morgan fingerprint density at radius 2 is 2.24 bits per heavy atom. The summed E-state index contributed by atoms with van der Waals surface area (Å²) in [6.07, 6.45) is 0.963. The van der Waals surface area contributed by atoms with Gasteiger partial charge in [0.15, 0.2) is 0 Å². The topological polar surface area (TPSA) is 51.4 Å². The zero-order valence-corrected chi connectivity index (χ0v) is 11.4. The minimum atomic E-state index is 0.405. The van der Waals surface area contributed by atoms with E-state index in [1.54, 1.807) is 7.11 Å². The average Bonchev–Trinajstić information content (AvgIpc) is 2.28. The van der Waals surface area contributed by atoms with E-state index in [0.29, 0.717) is 4.99 Å². The van der Waals surface area contributed by atoms with Crippen LogP contribution in [-0.2, 0) is 4.74 Å². The van der Waals surface area contributed by atoms with Gasteiger partial charge in [0.1, 0.15) is 10.8 Å². The summed E-state index contributed by atoms with van der Waals surface area (Å²) >= 11 is 4.99. The van der Waals surface area contributed by atoms with Crippen molar-refractivity contribution in [2.75, 3.05) is 32.2 Å². The lowest BCUT2D eigenvalue weighted by molar-refractivity contribution is 0.196. The van der Waals surface area contributed by atoms with Gasteiger partial charge in [-0.05, 0) is 25.5 Å². The van der Waals surface area contributed by atoms with Gasteiger partial charge in [-0.15, -0.1) is 0 Å². The lowest BCUT2D eigenvalue weighted by Gasteiger charge is -2.19. The number of aryl methyl sites for hydroxylation is 1. The van der Waals surface area contributed by atoms with Crippen LogP contribution < -0.4 is 10.6 Å². The molecule has 0 aliphatic carbocycles. The standard InChI is InChI=1S/C12H19N3OS/c1-9-7-10(12(13)17)8-11(14-9)15(2)5-4-6-16-3/h7-8H,4-6H2,1-3H3,(H2,13,17). The largest absolute Gasteiger partial charge is 0.389 e. The molecule has 94 valence electrons. The molecule has 17 heavy (non-hydrogen) atoms. The highest BCUT2D eigenvalue weighted by Gasteiger charge is 2.06. The normalized spacial score (nSPS) is 10.3. The van der Waals surface area contributed by atoms with Gasteiger partial charge >= 0.3 is 0 Å². The minimum absolute atomic E-state index is 0.405. The van der Waals surface area contributed by atoms with Gasteiger partial charge < -0.3 is 15.4 Å². The van der Waals surface area contributed by atoms with E-state index in [9.17, 15) is 0 Å². The van der Waals surface area contributed by atoms with Crippen molar-refractivity contribution in [2.24, 2.45) is 5.73 Å². The minimum Gasteiger partial charge on any atom is -0.389 e. The van der Waals surface area contributed by atoms with Crippen molar-refractivity contribution in [3.8, 4) is 0 Å². The van der Waals surface area contributed by atoms with Crippen molar-refractivity contribution >= 4 is 23.0 Å². The fourth-order valence-electron chi connectivity index (χ4n) is 1.55. The molecule has 0 aromatic carbocycles. The van der Waals surface area contributed by atoms with Crippen molar-refractivity contribution in [2.45, 2.75) is 13.3 Å². The second kappa shape index (κ2) is 6.51. The molecule has 0 amide bonds. The maximum atomic E-state index is 5.64. The average molecular weight is 253 g/mol. The van der Waals surface area contributed by atoms with E-state index in [4.69, 9.17) is 22.7 Å². The molecule has 4 nitrogen and oxygen atoms in total. The van der Waals surface area contributed by atoms with E-state index >= 15 is 0 Å². The fourth-order valence-corrected chi connectivity index (χ4v) is 1.67. The SMILES string of the molecule is COCCCN(C)c1cc(C(N)=S)cc(C)n1.